The minimum absolute atomic E-state index is 0.0325. The number of likely N-dealkylation sites (tertiary alicyclic amines) is 1. The number of carbonyl (C=O) groups excluding carboxylic acids is 2. The molecule has 9 heteroatoms. The summed E-state index contributed by atoms with van der Waals surface area (Å²) in [5.41, 5.74) is 2.68. The highest BCUT2D eigenvalue weighted by Gasteiger charge is 2.29. The second kappa shape index (κ2) is 10.7. The molecule has 2 aromatic heterocycles. The Morgan fingerprint density at radius 2 is 1.80 bits per heavy atom. The van der Waals surface area contributed by atoms with Crippen molar-refractivity contribution in [1.82, 2.24) is 25.2 Å². The van der Waals surface area contributed by atoms with Gasteiger partial charge in [0, 0.05) is 49.2 Å². The Morgan fingerprint density at radius 1 is 1.09 bits per heavy atom. The minimum Gasteiger partial charge on any atom is -0.348 e. The van der Waals surface area contributed by atoms with Crippen LogP contribution >= 0.6 is 0 Å². The van der Waals surface area contributed by atoms with Gasteiger partial charge in [0.25, 0.3) is 5.91 Å². The fourth-order valence-electron chi connectivity index (χ4n) is 4.33. The Kier molecular flexibility index (Phi) is 7.43. The summed E-state index contributed by atoms with van der Waals surface area (Å²) in [6.45, 7) is 4.85. The zero-order valence-corrected chi connectivity index (χ0v) is 19.7. The third kappa shape index (κ3) is 5.85. The van der Waals surface area contributed by atoms with Gasteiger partial charge in [-0.05, 0) is 56.5 Å². The number of nitrogens with one attached hydrogen (secondary N) is 1. The first-order valence-electron chi connectivity index (χ1n) is 11.6. The van der Waals surface area contributed by atoms with Crippen molar-refractivity contribution < 1.29 is 18.4 Å². The Bertz CT molecular complexity index is 1220. The van der Waals surface area contributed by atoms with E-state index in [9.17, 15) is 18.4 Å². The molecule has 1 fully saturated rings. The number of pyridine rings is 1. The molecule has 182 valence electrons. The summed E-state index contributed by atoms with van der Waals surface area (Å²) >= 11 is 0. The van der Waals surface area contributed by atoms with E-state index in [0.717, 1.165) is 23.4 Å². The molecule has 0 spiro atoms. The monoisotopic (exact) mass is 479 g/mol. The zero-order chi connectivity index (χ0) is 24.9. The second-order valence-corrected chi connectivity index (χ2v) is 8.74. The van der Waals surface area contributed by atoms with Crippen molar-refractivity contribution >= 4 is 11.8 Å². The van der Waals surface area contributed by atoms with Crippen LogP contribution in [0, 0.1) is 25.5 Å². The molecule has 7 nitrogen and oxygen atoms in total. The number of amides is 2. The van der Waals surface area contributed by atoms with Crippen molar-refractivity contribution in [2.24, 2.45) is 0 Å². The average Bonchev–Trinajstić information content (AvgIpc) is 2.85. The number of rotatable bonds is 6. The summed E-state index contributed by atoms with van der Waals surface area (Å²) in [6.07, 6.45) is 4.10. The molecule has 1 saturated heterocycles. The molecule has 2 amide bonds. The highest BCUT2D eigenvalue weighted by molar-refractivity contribution is 5.95. The van der Waals surface area contributed by atoms with Gasteiger partial charge in [0.05, 0.1) is 17.7 Å². The van der Waals surface area contributed by atoms with Crippen LogP contribution in [0.15, 0.2) is 42.7 Å². The van der Waals surface area contributed by atoms with Crippen molar-refractivity contribution in [2.75, 3.05) is 13.1 Å². The standard InChI is InChI=1S/C26H27F2N5O2/c1-16-12-18(6-9-29-16)14-31-26(35)21-15-30-17(2)32-25(21)19-7-10-33(11-8-19)24(34)13-20-22(27)4-3-5-23(20)28/h3-6,9,12,15,19H,7-8,10-11,13-14H2,1-2H3,(H,31,35). The number of benzene rings is 1. The molecule has 0 aliphatic carbocycles. The summed E-state index contributed by atoms with van der Waals surface area (Å²) < 4.78 is 27.9. The number of carbonyl (C=O) groups is 2. The Morgan fingerprint density at radius 3 is 2.49 bits per heavy atom. The highest BCUT2D eigenvalue weighted by atomic mass is 19.1. The van der Waals surface area contributed by atoms with E-state index in [-0.39, 0.29) is 29.7 Å². The Balaban J connectivity index is 1.41. The lowest BCUT2D eigenvalue weighted by molar-refractivity contribution is -0.131. The van der Waals surface area contributed by atoms with Gasteiger partial charge in [-0.1, -0.05) is 6.07 Å². The van der Waals surface area contributed by atoms with Gasteiger partial charge in [-0.15, -0.1) is 0 Å². The van der Waals surface area contributed by atoms with Crippen LogP contribution in [0.5, 0.6) is 0 Å². The topological polar surface area (TPSA) is 88.1 Å². The van der Waals surface area contributed by atoms with E-state index in [1.165, 1.54) is 6.07 Å². The van der Waals surface area contributed by atoms with Gasteiger partial charge >= 0.3 is 0 Å². The van der Waals surface area contributed by atoms with Gasteiger partial charge in [-0.2, -0.15) is 0 Å². The van der Waals surface area contributed by atoms with Crippen LogP contribution in [0.25, 0.3) is 0 Å². The van der Waals surface area contributed by atoms with E-state index in [1.54, 1.807) is 24.2 Å². The maximum Gasteiger partial charge on any atom is 0.254 e. The van der Waals surface area contributed by atoms with Gasteiger partial charge in [-0.3, -0.25) is 14.6 Å². The van der Waals surface area contributed by atoms with Crippen LogP contribution in [0.1, 0.15) is 57.5 Å². The number of aromatic nitrogens is 3. The van der Waals surface area contributed by atoms with Crippen molar-refractivity contribution in [3.05, 3.63) is 88.3 Å². The van der Waals surface area contributed by atoms with Gasteiger partial charge < -0.3 is 10.2 Å². The molecule has 1 aliphatic rings. The van der Waals surface area contributed by atoms with E-state index >= 15 is 0 Å². The summed E-state index contributed by atoms with van der Waals surface area (Å²) in [4.78, 5) is 40.2. The largest absolute Gasteiger partial charge is 0.348 e. The maximum atomic E-state index is 13.9. The third-order valence-electron chi connectivity index (χ3n) is 6.22. The summed E-state index contributed by atoms with van der Waals surface area (Å²) in [7, 11) is 0. The number of nitrogens with zero attached hydrogens (tertiary/aromatic N) is 4. The smallest absolute Gasteiger partial charge is 0.254 e. The number of hydrogen-bond acceptors (Lipinski definition) is 5. The van der Waals surface area contributed by atoms with E-state index < -0.39 is 11.6 Å². The predicted molar refractivity (Wildman–Crippen MR) is 126 cm³/mol. The first kappa shape index (κ1) is 24.4. The van der Waals surface area contributed by atoms with Crippen LogP contribution in [-0.4, -0.2) is 44.8 Å². The molecular weight excluding hydrogens is 452 g/mol. The first-order valence-corrected chi connectivity index (χ1v) is 11.6. The number of aryl methyl sites for hydroxylation is 2. The fourth-order valence-corrected chi connectivity index (χ4v) is 4.33. The molecule has 0 radical (unpaired) electrons. The predicted octanol–water partition coefficient (Wildman–Crippen LogP) is 3.65. The van der Waals surface area contributed by atoms with Gasteiger partial charge in [0.1, 0.15) is 17.5 Å². The molecule has 35 heavy (non-hydrogen) atoms. The van der Waals surface area contributed by atoms with Crippen molar-refractivity contribution in [3.63, 3.8) is 0 Å². The third-order valence-corrected chi connectivity index (χ3v) is 6.22. The molecule has 1 aromatic carbocycles. The lowest BCUT2D eigenvalue weighted by atomic mass is 9.90. The van der Waals surface area contributed by atoms with E-state index in [4.69, 9.17) is 0 Å². The molecule has 1 N–H and O–H groups in total. The summed E-state index contributed by atoms with van der Waals surface area (Å²) in [6, 6.07) is 7.34. The van der Waals surface area contributed by atoms with Gasteiger partial charge in [0.2, 0.25) is 5.91 Å². The Labute approximate surface area is 202 Å². The maximum absolute atomic E-state index is 13.9. The minimum atomic E-state index is -0.720. The van der Waals surface area contributed by atoms with Crippen LogP contribution in [0.4, 0.5) is 8.78 Å². The molecule has 3 aromatic rings. The van der Waals surface area contributed by atoms with Crippen molar-refractivity contribution in [2.45, 2.75) is 45.6 Å². The second-order valence-electron chi connectivity index (χ2n) is 8.74. The molecule has 1 aliphatic heterocycles. The van der Waals surface area contributed by atoms with Crippen LogP contribution in [0.3, 0.4) is 0 Å². The number of halogens is 2. The lowest BCUT2D eigenvalue weighted by Crippen LogP contribution is -2.39. The molecule has 0 atom stereocenters. The van der Waals surface area contributed by atoms with Crippen LogP contribution < -0.4 is 5.32 Å². The van der Waals surface area contributed by atoms with Crippen LogP contribution in [0.2, 0.25) is 0 Å². The van der Waals surface area contributed by atoms with Gasteiger partial charge in [-0.25, -0.2) is 18.7 Å². The molecular formula is C26H27F2N5O2. The molecule has 4 rings (SSSR count). The zero-order valence-electron chi connectivity index (χ0n) is 19.7. The lowest BCUT2D eigenvalue weighted by Gasteiger charge is -2.32. The normalized spacial score (nSPS) is 14.1. The quantitative estimate of drug-likeness (QED) is 0.583. The first-order chi connectivity index (χ1) is 16.8. The fraction of sp³-hybridized carbons (Fsp3) is 0.346. The number of piperidine rings is 1. The molecule has 3 heterocycles. The summed E-state index contributed by atoms with van der Waals surface area (Å²) in [5, 5.41) is 2.92. The number of hydrogen-bond donors (Lipinski definition) is 1. The molecule has 0 unspecified atom stereocenters. The molecule has 0 saturated carbocycles. The molecule has 0 bridgehead atoms. The highest BCUT2D eigenvalue weighted by Crippen LogP contribution is 2.29. The van der Waals surface area contributed by atoms with Crippen molar-refractivity contribution in [1.29, 1.82) is 0 Å². The average molecular weight is 480 g/mol. The Hall–Kier alpha value is -3.75. The summed E-state index contributed by atoms with van der Waals surface area (Å²) in [5.74, 6) is -1.49. The van der Waals surface area contributed by atoms with Gasteiger partial charge in [0.15, 0.2) is 0 Å². The van der Waals surface area contributed by atoms with E-state index in [0.29, 0.717) is 49.6 Å². The van der Waals surface area contributed by atoms with E-state index in [2.05, 4.69) is 20.3 Å². The van der Waals surface area contributed by atoms with Crippen LogP contribution in [-0.2, 0) is 17.8 Å². The van der Waals surface area contributed by atoms with E-state index in [1.807, 2.05) is 19.1 Å². The van der Waals surface area contributed by atoms with Crippen molar-refractivity contribution in [3.8, 4) is 0 Å². The SMILES string of the molecule is Cc1cc(CNC(=O)c2cnc(C)nc2C2CCN(C(=O)Cc3c(F)cccc3F)CC2)ccn1.